The number of hydrogen-bond acceptors (Lipinski definition) is 13. The molecule has 2 amide bonds. The van der Waals surface area contributed by atoms with Crippen LogP contribution in [0.4, 0.5) is 21.0 Å². The van der Waals surface area contributed by atoms with Crippen molar-refractivity contribution in [2.24, 2.45) is 0 Å². The quantitative estimate of drug-likeness (QED) is 0.0529. The number of amides is 2. The number of piperazine rings is 6. The van der Waals surface area contributed by atoms with Crippen LogP contribution >= 0.6 is 0 Å². The molecule has 6 aliphatic heterocycles. The summed E-state index contributed by atoms with van der Waals surface area (Å²) in [5.74, 6) is -0.817. The molecule has 66 heavy (non-hydrogen) atoms. The zero-order chi connectivity index (χ0) is 46.7. The zero-order valence-corrected chi connectivity index (χ0v) is 38.9. The van der Waals surface area contributed by atoms with Gasteiger partial charge in [0.25, 0.3) is 0 Å². The predicted molar refractivity (Wildman–Crippen MR) is 251 cm³/mol. The number of ketones is 1. The van der Waals surface area contributed by atoms with Crippen molar-refractivity contribution in [1.29, 1.82) is 0 Å². The summed E-state index contributed by atoms with van der Waals surface area (Å²) in [4.78, 5) is 70.4. The number of hydrogen-bond donors (Lipinski definition) is 3. The molecule has 0 aromatic heterocycles. The zero-order valence-electron chi connectivity index (χ0n) is 38.9. The van der Waals surface area contributed by atoms with E-state index in [1.54, 1.807) is 0 Å². The van der Waals surface area contributed by atoms with Crippen molar-refractivity contribution in [2.45, 2.75) is 19.8 Å². The minimum absolute atomic E-state index is 0.00382. The Labute approximate surface area is 381 Å². The number of carbonyl (C=O) groups is 3. The van der Waals surface area contributed by atoms with Gasteiger partial charge < -0.3 is 48.4 Å². The van der Waals surface area contributed by atoms with Gasteiger partial charge in [0.15, 0.2) is 16.6 Å². The number of ether oxygens (including phenoxy) is 5. The molecule has 17 heteroatoms. The number of carbonyl (C=O) groups excluding carboxylic acids is 3. The van der Waals surface area contributed by atoms with Gasteiger partial charge in [-0.25, -0.2) is 8.97 Å². The number of allylic oxidation sites excluding steroid dienone is 1. The summed E-state index contributed by atoms with van der Waals surface area (Å²) in [7, 11) is 8.84. The van der Waals surface area contributed by atoms with Gasteiger partial charge in [0.1, 0.15) is 115 Å². The number of Topliss-reactive ketones (excluding diaryl/α,β-unsaturated/α-hetero) is 1. The first-order valence-electron chi connectivity index (χ1n) is 23.0. The first-order valence-corrected chi connectivity index (χ1v) is 23.0. The second-order valence-electron chi connectivity index (χ2n) is 19.8. The number of phenols is 1. The third-order valence-electron chi connectivity index (χ3n) is 16.1. The fraction of sp³-hybridized carbons (Fsp3) is 0.490. The minimum atomic E-state index is -0.911. The first-order chi connectivity index (χ1) is 31.5. The second-order valence-corrected chi connectivity index (χ2v) is 19.8. The molecule has 6 saturated heterocycles. The fourth-order valence-electron chi connectivity index (χ4n) is 12.0. The maximum absolute atomic E-state index is 14.7. The van der Waals surface area contributed by atoms with Gasteiger partial charge in [-0.05, 0) is 19.2 Å². The van der Waals surface area contributed by atoms with Crippen LogP contribution in [0.3, 0.4) is 0 Å². The SMILES string of the molecule is COc1c(NCCOC(=O)[N+]23CC[N+](C)(CC2)CC3)c2c(=O)cc(OC)c3c4c(OC)cc(=O)c5c(O)c(NCCOC(=O)[N+]67CC[N+](C)(CC6)CC7)c6c(c(c1C(C(C)=O)C(C)=C6)c23)c54. The standard InChI is InChI=1S/C49H57N6O11/c1-27-24-29-35-40-37(46(59)44(29)50-8-22-65-48(60)54-16-10-52(3,11-17-54)12-18-54)31(58)26-33(63-6)38(40)39-32(62-5)25-30(57)36-42(39)41(35)43(34(27)28(2)56)47(64-7)45(36)51-9-23-66-49(61)55-19-13-53(4,14-20-55)15-21-55/h24-26,34H,8-23H2,1-7H3/q+1/p+3. The van der Waals surface area contributed by atoms with Crippen LogP contribution in [0, 0.1) is 0 Å². The second kappa shape index (κ2) is 15.5. The van der Waals surface area contributed by atoms with E-state index in [1.807, 2.05) is 13.0 Å². The van der Waals surface area contributed by atoms with Crippen molar-refractivity contribution < 1.29 is 61.1 Å². The molecule has 0 radical (unpaired) electrons. The number of fused-ring (bicyclic) bond motifs is 7. The van der Waals surface area contributed by atoms with Crippen molar-refractivity contribution in [3.63, 3.8) is 0 Å². The highest BCUT2D eigenvalue weighted by atomic mass is 16.6. The van der Waals surface area contributed by atoms with Gasteiger partial charge in [-0.15, -0.1) is 0 Å². The molecule has 6 heterocycles. The van der Waals surface area contributed by atoms with E-state index in [4.69, 9.17) is 23.7 Å². The van der Waals surface area contributed by atoms with E-state index in [9.17, 15) is 29.1 Å². The lowest BCUT2D eigenvalue weighted by molar-refractivity contribution is -1.04. The molecule has 7 aliphatic rings. The Morgan fingerprint density at radius 1 is 0.621 bits per heavy atom. The molecule has 17 nitrogen and oxygen atoms in total. The Kier molecular flexibility index (Phi) is 10.3. The van der Waals surface area contributed by atoms with Crippen molar-refractivity contribution in [3.8, 4) is 23.0 Å². The number of nitrogens with zero attached hydrogens (tertiary/aromatic N) is 4. The minimum Gasteiger partial charge on any atom is -0.505 e. The number of phenolic OH excluding ortho intramolecular Hbond substituents is 1. The topological polar surface area (TPSA) is 176 Å². The van der Waals surface area contributed by atoms with Gasteiger partial charge in [-0.2, -0.15) is 9.59 Å². The molecular formula is C49H60N6O11+4. The van der Waals surface area contributed by atoms with E-state index in [-0.39, 0.29) is 83.7 Å². The molecular weight excluding hydrogens is 849 g/mol. The van der Waals surface area contributed by atoms with E-state index in [0.717, 1.165) is 87.5 Å². The summed E-state index contributed by atoms with van der Waals surface area (Å²) in [6.45, 7) is 13.4. The third kappa shape index (κ3) is 6.37. The van der Waals surface area contributed by atoms with Gasteiger partial charge in [-0.3, -0.25) is 14.4 Å². The van der Waals surface area contributed by atoms with E-state index in [1.165, 1.54) is 40.4 Å². The maximum atomic E-state index is 14.7. The van der Waals surface area contributed by atoms with Crippen molar-refractivity contribution in [1.82, 2.24) is 0 Å². The molecule has 3 N–H and O–H groups in total. The Morgan fingerprint density at radius 3 is 1.53 bits per heavy atom. The van der Waals surface area contributed by atoms with Crippen LogP contribution in [0.2, 0.25) is 0 Å². The number of nitrogens with one attached hydrogen (secondary N) is 2. The number of methoxy groups -OCH3 is 3. The summed E-state index contributed by atoms with van der Waals surface area (Å²) >= 11 is 0. The summed E-state index contributed by atoms with van der Waals surface area (Å²) in [5, 5.41) is 21.9. The first kappa shape index (κ1) is 43.9. The van der Waals surface area contributed by atoms with Crippen molar-refractivity contribution in [2.75, 3.05) is 151 Å². The number of anilines is 2. The molecule has 0 spiro atoms. The molecule has 6 fully saturated rings. The Morgan fingerprint density at radius 2 is 1.08 bits per heavy atom. The van der Waals surface area contributed by atoms with E-state index < -0.39 is 16.8 Å². The maximum Gasteiger partial charge on any atom is 0.516 e. The molecule has 12 rings (SSSR count). The molecule has 4 bridgehead atoms. The number of benzene rings is 5. The van der Waals surface area contributed by atoms with Gasteiger partial charge in [0, 0.05) is 63.3 Å². The van der Waals surface area contributed by atoms with Crippen molar-refractivity contribution >= 4 is 78.5 Å². The van der Waals surface area contributed by atoms with Crippen LogP contribution in [0.25, 0.3) is 49.2 Å². The van der Waals surface area contributed by atoms with Crippen LogP contribution in [0.5, 0.6) is 23.0 Å². The highest BCUT2D eigenvalue weighted by Crippen LogP contribution is 2.58. The van der Waals surface area contributed by atoms with Gasteiger partial charge in [0.2, 0.25) is 0 Å². The molecule has 348 valence electrons. The normalized spacial score (nSPS) is 26.5. The Balaban J connectivity index is 1.14. The number of quaternary nitrogens is 4. The fourth-order valence-corrected chi connectivity index (χ4v) is 12.0. The average Bonchev–Trinajstić information content (AvgIpc) is 3.44. The Bertz CT molecular complexity index is 3010. The summed E-state index contributed by atoms with van der Waals surface area (Å²) < 4.78 is 32.6. The van der Waals surface area contributed by atoms with Crippen molar-refractivity contribution in [3.05, 3.63) is 49.3 Å². The van der Waals surface area contributed by atoms with Gasteiger partial charge >= 0.3 is 12.2 Å². The van der Waals surface area contributed by atoms with Crippen LogP contribution in [-0.4, -0.2) is 181 Å². The third-order valence-corrected chi connectivity index (χ3v) is 16.1. The van der Waals surface area contributed by atoms with Crippen LogP contribution < -0.4 is 35.7 Å². The lowest BCUT2D eigenvalue weighted by atomic mass is 9.80. The van der Waals surface area contributed by atoms with Crippen LogP contribution in [0.1, 0.15) is 30.9 Å². The van der Waals surface area contributed by atoms with Gasteiger partial charge in [0.05, 0.1) is 63.5 Å². The lowest BCUT2D eigenvalue weighted by Gasteiger charge is -2.51. The summed E-state index contributed by atoms with van der Waals surface area (Å²) in [6.07, 6.45) is 1.29. The predicted octanol–water partition coefficient (Wildman–Crippen LogP) is 4.39. The van der Waals surface area contributed by atoms with Crippen LogP contribution in [0.15, 0.2) is 27.3 Å². The highest BCUT2D eigenvalue weighted by molar-refractivity contribution is 6.40. The number of aromatic hydroxyl groups is 1. The molecule has 1 atom stereocenters. The molecule has 5 aromatic rings. The molecule has 5 aromatic carbocycles. The number of rotatable bonds is 12. The largest absolute Gasteiger partial charge is 0.516 e. The molecule has 0 saturated carbocycles. The van der Waals surface area contributed by atoms with Gasteiger partial charge in [-0.1, -0.05) is 11.6 Å². The van der Waals surface area contributed by atoms with E-state index in [2.05, 4.69) is 24.7 Å². The molecule has 1 aliphatic carbocycles. The summed E-state index contributed by atoms with van der Waals surface area (Å²) in [6, 6.07) is 2.69. The summed E-state index contributed by atoms with van der Waals surface area (Å²) in [5.41, 5.74) is 1.12. The lowest BCUT2D eigenvalue weighted by Crippen LogP contribution is -2.75. The molecule has 1 unspecified atom stereocenters. The van der Waals surface area contributed by atoms with E-state index in [0.29, 0.717) is 63.7 Å². The average molecular weight is 909 g/mol. The van der Waals surface area contributed by atoms with E-state index >= 15 is 0 Å². The smallest absolute Gasteiger partial charge is 0.505 e. The monoisotopic (exact) mass is 908 g/mol. The highest BCUT2D eigenvalue weighted by Gasteiger charge is 2.54. The Hall–Kier alpha value is -6.01. The van der Waals surface area contributed by atoms with Crippen LogP contribution in [-0.2, 0) is 14.3 Å². The number of likely N-dealkylation sites (N-methyl/N-ethyl adjacent to an activating group) is 2.